The predicted molar refractivity (Wildman–Crippen MR) is 92.4 cm³/mol. The van der Waals surface area contributed by atoms with Gasteiger partial charge in [0.2, 0.25) is 0 Å². The average Bonchev–Trinajstić information content (AvgIpc) is 3.02. The van der Waals surface area contributed by atoms with Gasteiger partial charge in [0.1, 0.15) is 17.3 Å². The van der Waals surface area contributed by atoms with E-state index in [-0.39, 0.29) is 11.7 Å². The number of carbonyl (C=O) groups excluding carboxylic acids is 1. The maximum atomic E-state index is 13.9. The molecule has 1 amide bonds. The Morgan fingerprint density at radius 2 is 1.92 bits per heavy atom. The Hall–Kier alpha value is -3.15. The van der Waals surface area contributed by atoms with E-state index in [1.165, 1.54) is 16.9 Å². The quantitative estimate of drug-likeness (QED) is 0.776. The molecule has 0 saturated carbocycles. The summed E-state index contributed by atoms with van der Waals surface area (Å²) in [5.74, 6) is 0.117. The highest BCUT2D eigenvalue weighted by Gasteiger charge is 2.16. The fourth-order valence-electron chi connectivity index (χ4n) is 2.52. The maximum Gasteiger partial charge on any atom is 0.255 e. The molecule has 25 heavy (non-hydrogen) atoms. The van der Waals surface area contributed by atoms with Crippen molar-refractivity contribution >= 4 is 5.91 Å². The Morgan fingerprint density at radius 3 is 2.60 bits per heavy atom. The molecule has 1 heterocycles. The first-order chi connectivity index (χ1) is 12.1. The van der Waals surface area contributed by atoms with Crippen LogP contribution in [0.3, 0.4) is 0 Å². The van der Waals surface area contributed by atoms with E-state index >= 15 is 0 Å². The first-order valence-electron chi connectivity index (χ1n) is 7.81. The van der Waals surface area contributed by atoms with E-state index in [2.05, 4.69) is 10.4 Å². The fraction of sp³-hybridized carbons (Fsp3) is 0.158. The summed E-state index contributed by atoms with van der Waals surface area (Å²) in [6, 6.07) is 13.8. The van der Waals surface area contributed by atoms with Gasteiger partial charge in [0, 0.05) is 6.54 Å². The molecule has 0 radical (unpaired) electrons. The topological polar surface area (TPSA) is 56.1 Å². The molecule has 5 nitrogen and oxygen atoms in total. The van der Waals surface area contributed by atoms with Crippen LogP contribution in [0, 0.1) is 12.7 Å². The average molecular weight is 339 g/mol. The number of para-hydroxylation sites is 1. The van der Waals surface area contributed by atoms with Crippen molar-refractivity contribution in [3.8, 4) is 11.4 Å². The van der Waals surface area contributed by atoms with Crippen LogP contribution in [0.15, 0.2) is 54.7 Å². The predicted octanol–water partition coefficient (Wildman–Crippen LogP) is 3.26. The molecule has 0 aliphatic rings. The van der Waals surface area contributed by atoms with Crippen LogP contribution in [0.1, 0.15) is 21.6 Å². The van der Waals surface area contributed by atoms with Gasteiger partial charge in [0.15, 0.2) is 0 Å². The SMILES string of the molecule is COc1ccc(CNC(=O)c2cnn(-c3ccccc3F)c2C)cc1. The van der Waals surface area contributed by atoms with Crippen LogP contribution in [-0.2, 0) is 6.54 Å². The Kier molecular flexibility index (Phi) is 4.79. The molecule has 3 aromatic rings. The van der Waals surface area contributed by atoms with Crippen LogP contribution in [0.4, 0.5) is 4.39 Å². The lowest BCUT2D eigenvalue weighted by Gasteiger charge is -2.08. The summed E-state index contributed by atoms with van der Waals surface area (Å²) in [6.45, 7) is 2.12. The summed E-state index contributed by atoms with van der Waals surface area (Å²) < 4.78 is 20.5. The van der Waals surface area contributed by atoms with Crippen LogP contribution >= 0.6 is 0 Å². The molecule has 0 saturated heterocycles. The molecule has 6 heteroatoms. The third-order valence-electron chi connectivity index (χ3n) is 3.95. The highest BCUT2D eigenvalue weighted by Crippen LogP contribution is 2.17. The van der Waals surface area contributed by atoms with Gasteiger partial charge in [0.05, 0.1) is 24.6 Å². The summed E-state index contributed by atoms with van der Waals surface area (Å²) in [5, 5.41) is 6.99. The summed E-state index contributed by atoms with van der Waals surface area (Å²) in [7, 11) is 1.60. The molecule has 0 unspecified atom stereocenters. The lowest BCUT2D eigenvalue weighted by Crippen LogP contribution is -2.23. The van der Waals surface area contributed by atoms with Gasteiger partial charge in [-0.1, -0.05) is 24.3 Å². The molecule has 1 N–H and O–H groups in total. The molecule has 0 fully saturated rings. The van der Waals surface area contributed by atoms with Gasteiger partial charge in [-0.25, -0.2) is 9.07 Å². The zero-order chi connectivity index (χ0) is 17.8. The molecule has 0 aliphatic carbocycles. The van der Waals surface area contributed by atoms with E-state index in [1.807, 2.05) is 24.3 Å². The number of amides is 1. The number of hydrogen-bond acceptors (Lipinski definition) is 3. The van der Waals surface area contributed by atoms with Crippen molar-refractivity contribution < 1.29 is 13.9 Å². The van der Waals surface area contributed by atoms with Crippen molar-refractivity contribution in [1.29, 1.82) is 0 Å². The van der Waals surface area contributed by atoms with E-state index in [4.69, 9.17) is 4.74 Å². The third kappa shape index (κ3) is 3.52. The Morgan fingerprint density at radius 1 is 1.20 bits per heavy atom. The van der Waals surface area contributed by atoms with Crippen molar-refractivity contribution in [1.82, 2.24) is 15.1 Å². The Bertz CT molecular complexity index is 888. The summed E-state index contributed by atoms with van der Waals surface area (Å²) in [4.78, 5) is 12.4. The molecule has 128 valence electrons. The minimum Gasteiger partial charge on any atom is -0.497 e. The van der Waals surface area contributed by atoms with E-state index < -0.39 is 0 Å². The third-order valence-corrected chi connectivity index (χ3v) is 3.95. The van der Waals surface area contributed by atoms with Gasteiger partial charge in [0.25, 0.3) is 5.91 Å². The van der Waals surface area contributed by atoms with Gasteiger partial charge in [-0.3, -0.25) is 4.79 Å². The monoisotopic (exact) mass is 339 g/mol. The van der Waals surface area contributed by atoms with Gasteiger partial charge >= 0.3 is 0 Å². The van der Waals surface area contributed by atoms with Crippen molar-refractivity contribution in [2.24, 2.45) is 0 Å². The summed E-state index contributed by atoms with van der Waals surface area (Å²) in [5.41, 5.74) is 2.26. The van der Waals surface area contributed by atoms with E-state index in [1.54, 1.807) is 32.2 Å². The second-order valence-corrected chi connectivity index (χ2v) is 5.54. The van der Waals surface area contributed by atoms with Gasteiger partial charge in [-0.05, 0) is 36.8 Å². The number of nitrogens with zero attached hydrogens (tertiary/aromatic N) is 2. The number of nitrogens with one attached hydrogen (secondary N) is 1. The zero-order valence-corrected chi connectivity index (χ0v) is 14.0. The van der Waals surface area contributed by atoms with E-state index in [0.717, 1.165) is 11.3 Å². The van der Waals surface area contributed by atoms with Gasteiger partial charge in [-0.15, -0.1) is 0 Å². The van der Waals surface area contributed by atoms with Crippen molar-refractivity contribution in [3.63, 3.8) is 0 Å². The molecule has 0 bridgehead atoms. The van der Waals surface area contributed by atoms with Crippen LogP contribution in [0.2, 0.25) is 0 Å². The largest absolute Gasteiger partial charge is 0.497 e. The van der Waals surface area contributed by atoms with Crippen molar-refractivity contribution in [2.75, 3.05) is 7.11 Å². The Balaban J connectivity index is 1.73. The molecule has 3 rings (SSSR count). The molecular formula is C19H18FN3O2. The number of halogens is 1. The maximum absolute atomic E-state index is 13.9. The smallest absolute Gasteiger partial charge is 0.255 e. The highest BCUT2D eigenvalue weighted by molar-refractivity contribution is 5.95. The second kappa shape index (κ2) is 7.17. The Labute approximate surface area is 145 Å². The lowest BCUT2D eigenvalue weighted by atomic mass is 10.2. The van der Waals surface area contributed by atoms with Crippen LogP contribution in [0.5, 0.6) is 5.75 Å². The molecule has 0 atom stereocenters. The number of carbonyl (C=O) groups is 1. The molecule has 2 aromatic carbocycles. The lowest BCUT2D eigenvalue weighted by molar-refractivity contribution is 0.0950. The number of methoxy groups -OCH3 is 1. The van der Waals surface area contributed by atoms with Crippen LogP contribution < -0.4 is 10.1 Å². The molecular weight excluding hydrogens is 321 g/mol. The number of aromatic nitrogens is 2. The minimum absolute atomic E-state index is 0.254. The standard InChI is InChI=1S/C19H18FN3O2/c1-13-16(12-22-23(13)18-6-4-3-5-17(18)20)19(24)21-11-14-7-9-15(25-2)10-8-14/h3-10,12H,11H2,1-2H3,(H,21,24). The molecule has 0 aliphatic heterocycles. The van der Waals surface area contributed by atoms with Crippen LogP contribution in [-0.4, -0.2) is 22.8 Å². The summed E-state index contributed by atoms with van der Waals surface area (Å²) in [6.07, 6.45) is 1.45. The highest BCUT2D eigenvalue weighted by atomic mass is 19.1. The van der Waals surface area contributed by atoms with E-state index in [0.29, 0.717) is 23.5 Å². The minimum atomic E-state index is -0.390. The number of ether oxygens (including phenoxy) is 1. The summed E-state index contributed by atoms with van der Waals surface area (Å²) >= 11 is 0. The normalized spacial score (nSPS) is 10.5. The number of rotatable bonds is 5. The van der Waals surface area contributed by atoms with Gasteiger partial charge in [-0.2, -0.15) is 5.10 Å². The van der Waals surface area contributed by atoms with Crippen molar-refractivity contribution in [3.05, 3.63) is 77.4 Å². The molecule has 1 aromatic heterocycles. The molecule has 0 spiro atoms. The van der Waals surface area contributed by atoms with Crippen LogP contribution in [0.25, 0.3) is 5.69 Å². The van der Waals surface area contributed by atoms with Gasteiger partial charge < -0.3 is 10.1 Å². The zero-order valence-electron chi connectivity index (χ0n) is 14.0. The fourth-order valence-corrected chi connectivity index (χ4v) is 2.52. The van der Waals surface area contributed by atoms with E-state index in [9.17, 15) is 9.18 Å². The number of hydrogen-bond donors (Lipinski definition) is 1. The first-order valence-corrected chi connectivity index (χ1v) is 7.81. The number of benzene rings is 2. The second-order valence-electron chi connectivity index (χ2n) is 5.54. The van der Waals surface area contributed by atoms with Crippen molar-refractivity contribution in [2.45, 2.75) is 13.5 Å². The first kappa shape index (κ1) is 16.7.